The quantitative estimate of drug-likeness (QED) is 0.468. The Balaban J connectivity index is 1.96. The van der Waals surface area contributed by atoms with E-state index in [1.54, 1.807) is 19.4 Å². The molecule has 0 aliphatic carbocycles. The first-order valence-corrected chi connectivity index (χ1v) is 8.23. The minimum absolute atomic E-state index is 0.312. The molecule has 0 aliphatic rings. The van der Waals surface area contributed by atoms with Crippen molar-refractivity contribution in [1.82, 2.24) is 4.98 Å². The molecule has 136 valence electrons. The fourth-order valence-electron chi connectivity index (χ4n) is 2.50. The van der Waals surface area contributed by atoms with E-state index in [0.29, 0.717) is 17.8 Å². The highest BCUT2D eigenvalue weighted by Gasteiger charge is 2.08. The molecule has 1 heterocycles. The smallest absolute Gasteiger partial charge is 0.153 e. The van der Waals surface area contributed by atoms with Gasteiger partial charge in [-0.15, -0.1) is 0 Å². The Bertz CT molecular complexity index is 956. The number of halogens is 1. The normalized spacial score (nSPS) is 10.6. The van der Waals surface area contributed by atoms with Crippen LogP contribution in [-0.4, -0.2) is 18.4 Å². The van der Waals surface area contributed by atoms with Crippen molar-refractivity contribution < 1.29 is 13.9 Å². The van der Waals surface area contributed by atoms with Crippen molar-refractivity contribution in [3.63, 3.8) is 0 Å². The molecular formula is C21H18FN3O2. The molecule has 0 aliphatic heterocycles. The van der Waals surface area contributed by atoms with Crippen LogP contribution < -0.4 is 15.4 Å². The van der Waals surface area contributed by atoms with Gasteiger partial charge >= 0.3 is 0 Å². The van der Waals surface area contributed by atoms with E-state index in [-0.39, 0.29) is 5.82 Å². The number of hydrogen-bond donors (Lipinski definition) is 2. The van der Waals surface area contributed by atoms with E-state index in [2.05, 4.69) is 15.6 Å². The lowest BCUT2D eigenvalue weighted by molar-refractivity contribution is -0.104. The van der Waals surface area contributed by atoms with Gasteiger partial charge < -0.3 is 15.4 Å². The highest BCUT2D eigenvalue weighted by atomic mass is 19.1. The van der Waals surface area contributed by atoms with Crippen LogP contribution in [0.5, 0.6) is 5.75 Å². The first-order valence-electron chi connectivity index (χ1n) is 8.23. The van der Waals surface area contributed by atoms with Crippen molar-refractivity contribution in [1.29, 1.82) is 0 Å². The van der Waals surface area contributed by atoms with E-state index in [9.17, 15) is 9.18 Å². The van der Waals surface area contributed by atoms with Gasteiger partial charge in [0.05, 0.1) is 12.8 Å². The second kappa shape index (κ2) is 8.62. The third-order valence-electron chi connectivity index (χ3n) is 3.81. The number of hydrogen-bond acceptors (Lipinski definition) is 5. The molecule has 0 atom stereocenters. The largest absolute Gasteiger partial charge is 0.497 e. The van der Waals surface area contributed by atoms with Crippen molar-refractivity contribution in [3.05, 3.63) is 78.9 Å². The number of anilines is 3. The van der Waals surface area contributed by atoms with Crippen LogP contribution in [0, 0.1) is 5.82 Å². The van der Waals surface area contributed by atoms with Gasteiger partial charge in [0.25, 0.3) is 0 Å². The Morgan fingerprint density at radius 3 is 2.59 bits per heavy atom. The van der Waals surface area contributed by atoms with E-state index < -0.39 is 0 Å². The Morgan fingerprint density at radius 1 is 1.07 bits per heavy atom. The minimum atomic E-state index is -0.312. The Hall–Kier alpha value is -3.67. The third-order valence-corrected chi connectivity index (χ3v) is 3.81. The highest BCUT2D eigenvalue weighted by molar-refractivity contribution is 5.78. The molecule has 0 bridgehead atoms. The van der Waals surface area contributed by atoms with Crippen molar-refractivity contribution >= 4 is 23.5 Å². The molecule has 0 unspecified atom stereocenters. The number of carbonyl (C=O) groups excluding carboxylic acids is 1. The summed E-state index contributed by atoms with van der Waals surface area (Å²) in [6, 6.07) is 15.6. The summed E-state index contributed by atoms with van der Waals surface area (Å²) >= 11 is 0. The van der Waals surface area contributed by atoms with Crippen molar-refractivity contribution in [2.75, 3.05) is 17.7 Å². The van der Waals surface area contributed by atoms with Crippen LogP contribution in [0.15, 0.2) is 73.1 Å². The standard InChI is InChI=1S/C21H18FN3O2/c1-27-19-8-6-18(7-9-19)25-20-13-16(15-4-2-5-17(22)12-15)14-24-21(20)23-10-3-11-26/h2-14,25H,1H3,(H,23,24)/b10-3+. The summed E-state index contributed by atoms with van der Waals surface area (Å²) in [5.74, 6) is 0.969. The van der Waals surface area contributed by atoms with E-state index in [4.69, 9.17) is 4.74 Å². The average molecular weight is 363 g/mol. The molecular weight excluding hydrogens is 345 g/mol. The molecule has 0 saturated carbocycles. The summed E-state index contributed by atoms with van der Waals surface area (Å²) in [6.07, 6.45) is 5.14. The molecule has 27 heavy (non-hydrogen) atoms. The number of nitrogens with one attached hydrogen (secondary N) is 2. The second-order valence-corrected chi connectivity index (χ2v) is 5.62. The van der Waals surface area contributed by atoms with Gasteiger partial charge in [-0.2, -0.15) is 0 Å². The molecule has 3 rings (SSSR count). The molecule has 3 aromatic rings. The number of carbonyl (C=O) groups is 1. The Kier molecular flexibility index (Phi) is 5.79. The topological polar surface area (TPSA) is 63.2 Å². The predicted octanol–water partition coefficient (Wildman–Crippen LogP) is 4.76. The first-order chi connectivity index (χ1) is 13.2. The number of rotatable bonds is 7. The number of ether oxygens (including phenoxy) is 1. The lowest BCUT2D eigenvalue weighted by atomic mass is 10.1. The maximum absolute atomic E-state index is 13.6. The Morgan fingerprint density at radius 2 is 1.89 bits per heavy atom. The summed E-state index contributed by atoms with van der Waals surface area (Å²) in [6.45, 7) is 0. The van der Waals surface area contributed by atoms with E-state index in [0.717, 1.165) is 22.6 Å². The maximum Gasteiger partial charge on any atom is 0.153 e. The third kappa shape index (κ3) is 4.70. The fourth-order valence-corrected chi connectivity index (χ4v) is 2.50. The number of aldehydes is 1. The molecule has 0 radical (unpaired) electrons. The van der Waals surface area contributed by atoms with Crippen molar-refractivity contribution in [2.45, 2.75) is 0 Å². The second-order valence-electron chi connectivity index (χ2n) is 5.62. The van der Waals surface area contributed by atoms with Gasteiger partial charge in [-0.1, -0.05) is 12.1 Å². The monoisotopic (exact) mass is 363 g/mol. The average Bonchev–Trinajstić information content (AvgIpc) is 2.70. The zero-order valence-electron chi connectivity index (χ0n) is 14.6. The zero-order chi connectivity index (χ0) is 19.1. The molecule has 0 fully saturated rings. The van der Waals surface area contributed by atoms with Crippen molar-refractivity contribution in [3.8, 4) is 16.9 Å². The van der Waals surface area contributed by atoms with Crippen molar-refractivity contribution in [2.24, 2.45) is 0 Å². The van der Waals surface area contributed by atoms with Gasteiger partial charge in [0.2, 0.25) is 0 Å². The van der Waals surface area contributed by atoms with E-state index in [1.807, 2.05) is 36.4 Å². The molecule has 6 heteroatoms. The lowest BCUT2D eigenvalue weighted by Crippen LogP contribution is -2.00. The van der Waals surface area contributed by atoms with Gasteiger partial charge in [0.15, 0.2) is 5.82 Å². The van der Waals surface area contributed by atoms with Crippen LogP contribution in [0.2, 0.25) is 0 Å². The van der Waals surface area contributed by atoms with E-state index in [1.165, 1.54) is 24.4 Å². The fraction of sp³-hybridized carbons (Fsp3) is 0.0476. The maximum atomic E-state index is 13.6. The molecule has 2 aromatic carbocycles. The van der Waals surface area contributed by atoms with Crippen LogP contribution in [0.1, 0.15) is 0 Å². The summed E-state index contributed by atoms with van der Waals surface area (Å²) < 4.78 is 18.7. The van der Waals surface area contributed by atoms with Crippen LogP contribution in [0.25, 0.3) is 11.1 Å². The lowest BCUT2D eigenvalue weighted by Gasteiger charge is -2.13. The zero-order valence-corrected chi connectivity index (χ0v) is 14.6. The number of allylic oxidation sites excluding steroid dienone is 1. The van der Waals surface area contributed by atoms with Gasteiger partial charge in [0.1, 0.15) is 17.9 Å². The SMILES string of the molecule is COc1ccc(Nc2cc(-c3cccc(F)c3)cnc2N/C=C/C=O)cc1. The molecule has 0 saturated heterocycles. The Labute approximate surface area is 156 Å². The summed E-state index contributed by atoms with van der Waals surface area (Å²) in [5.41, 5.74) is 2.99. The molecule has 1 aromatic heterocycles. The van der Waals surface area contributed by atoms with Gasteiger partial charge in [0, 0.05) is 23.6 Å². The highest BCUT2D eigenvalue weighted by Crippen LogP contribution is 2.30. The number of aromatic nitrogens is 1. The summed E-state index contributed by atoms with van der Waals surface area (Å²) in [5, 5.41) is 6.24. The number of nitrogens with zero attached hydrogens (tertiary/aromatic N) is 1. The minimum Gasteiger partial charge on any atom is -0.497 e. The molecule has 2 N–H and O–H groups in total. The molecule has 0 spiro atoms. The first kappa shape index (κ1) is 18.1. The summed E-state index contributed by atoms with van der Waals surface area (Å²) in [4.78, 5) is 14.9. The number of benzene rings is 2. The van der Waals surface area contributed by atoms with Gasteiger partial charge in [-0.3, -0.25) is 4.79 Å². The van der Waals surface area contributed by atoms with Gasteiger partial charge in [-0.25, -0.2) is 9.37 Å². The van der Waals surface area contributed by atoms with Crippen LogP contribution in [0.3, 0.4) is 0 Å². The van der Waals surface area contributed by atoms with Crippen LogP contribution in [0.4, 0.5) is 21.6 Å². The number of pyridine rings is 1. The van der Waals surface area contributed by atoms with Crippen LogP contribution >= 0.6 is 0 Å². The molecule has 0 amide bonds. The van der Waals surface area contributed by atoms with Crippen LogP contribution in [-0.2, 0) is 4.79 Å². The number of methoxy groups -OCH3 is 1. The van der Waals surface area contributed by atoms with E-state index >= 15 is 0 Å². The van der Waals surface area contributed by atoms with Gasteiger partial charge in [-0.05, 0) is 54.1 Å². The predicted molar refractivity (Wildman–Crippen MR) is 105 cm³/mol. The summed E-state index contributed by atoms with van der Waals surface area (Å²) in [7, 11) is 1.61. The molecule has 5 nitrogen and oxygen atoms in total.